The summed E-state index contributed by atoms with van der Waals surface area (Å²) in [5.41, 5.74) is 0.659. The van der Waals surface area contributed by atoms with Crippen molar-refractivity contribution in [2.24, 2.45) is 0 Å². The van der Waals surface area contributed by atoms with Gasteiger partial charge >= 0.3 is 0 Å². The van der Waals surface area contributed by atoms with Gasteiger partial charge in [0.25, 0.3) is 5.91 Å². The van der Waals surface area contributed by atoms with Crippen LogP contribution in [0, 0.1) is 0 Å². The highest BCUT2D eigenvalue weighted by molar-refractivity contribution is 8.00. The van der Waals surface area contributed by atoms with Gasteiger partial charge in [0, 0.05) is 10.6 Å². The molecule has 0 bridgehead atoms. The molecule has 0 radical (unpaired) electrons. The average molecular weight is 305 g/mol. The Morgan fingerprint density at radius 1 is 1.48 bits per heavy atom. The van der Waals surface area contributed by atoms with Gasteiger partial charge in [-0.15, -0.1) is 18.3 Å². The fourth-order valence-electron chi connectivity index (χ4n) is 2.08. The molecule has 1 atom stereocenters. The summed E-state index contributed by atoms with van der Waals surface area (Å²) in [5, 5.41) is 10.4. The van der Waals surface area contributed by atoms with Crippen LogP contribution in [0.2, 0.25) is 0 Å². The van der Waals surface area contributed by atoms with E-state index in [1.54, 1.807) is 13.2 Å². The lowest BCUT2D eigenvalue weighted by Crippen LogP contribution is -2.37. The summed E-state index contributed by atoms with van der Waals surface area (Å²) in [4.78, 5) is 13.2. The fourth-order valence-corrected chi connectivity index (χ4v) is 3.10. The van der Waals surface area contributed by atoms with Crippen LogP contribution in [0.25, 0.3) is 0 Å². The zero-order valence-electron chi connectivity index (χ0n) is 12.0. The quantitative estimate of drug-likeness (QED) is 0.644. The first-order valence-corrected chi connectivity index (χ1v) is 7.67. The number of hydroxylamine groups is 2. The molecular formula is C16H19NO3S. The Labute approximate surface area is 129 Å². The molecule has 2 rings (SSSR count). The van der Waals surface area contributed by atoms with E-state index >= 15 is 0 Å². The number of methoxy groups -OCH3 is 1. The van der Waals surface area contributed by atoms with Crippen LogP contribution in [-0.4, -0.2) is 28.5 Å². The maximum atomic E-state index is 12.2. The minimum atomic E-state index is -0.295. The van der Waals surface area contributed by atoms with Crippen molar-refractivity contribution in [3.63, 3.8) is 0 Å². The van der Waals surface area contributed by atoms with Crippen LogP contribution in [0.1, 0.15) is 19.3 Å². The molecule has 0 aliphatic carbocycles. The fraction of sp³-hybridized carbons (Fsp3) is 0.312. The first kappa shape index (κ1) is 15.7. The second kappa shape index (κ2) is 7.33. The van der Waals surface area contributed by atoms with Gasteiger partial charge in [-0.1, -0.05) is 12.2 Å². The number of allylic oxidation sites excluding steroid dienone is 3. The molecule has 0 fully saturated rings. The van der Waals surface area contributed by atoms with E-state index in [4.69, 9.17) is 4.74 Å². The molecule has 1 N–H and O–H groups in total. The summed E-state index contributed by atoms with van der Waals surface area (Å²) < 4.78 is 5.11. The summed E-state index contributed by atoms with van der Waals surface area (Å²) in [6.45, 7) is 3.65. The summed E-state index contributed by atoms with van der Waals surface area (Å²) in [6.07, 6.45) is 5.70. The van der Waals surface area contributed by atoms with E-state index in [9.17, 15) is 10.0 Å². The molecule has 1 aromatic carbocycles. The van der Waals surface area contributed by atoms with Gasteiger partial charge < -0.3 is 4.74 Å². The molecule has 1 amide bonds. The van der Waals surface area contributed by atoms with Gasteiger partial charge in [0.15, 0.2) is 0 Å². The smallest absolute Gasteiger partial charge is 0.264 e. The maximum absolute atomic E-state index is 12.2. The van der Waals surface area contributed by atoms with Crippen molar-refractivity contribution in [3.8, 4) is 5.75 Å². The molecule has 0 saturated heterocycles. The molecule has 1 aliphatic rings. The molecule has 1 aromatic rings. The van der Waals surface area contributed by atoms with Crippen molar-refractivity contribution in [1.29, 1.82) is 0 Å². The normalized spacial score (nSPS) is 18.4. The van der Waals surface area contributed by atoms with E-state index in [0.717, 1.165) is 22.1 Å². The van der Waals surface area contributed by atoms with Crippen LogP contribution in [0.15, 0.2) is 53.6 Å². The van der Waals surface area contributed by atoms with Crippen LogP contribution in [0.5, 0.6) is 5.75 Å². The SMILES string of the molecule is C=CCCC1=CCC(Sc2ccc(OC)cc2)C(=O)N1O. The molecule has 1 aliphatic heterocycles. The topological polar surface area (TPSA) is 49.8 Å². The van der Waals surface area contributed by atoms with Crippen molar-refractivity contribution in [2.75, 3.05) is 7.11 Å². The van der Waals surface area contributed by atoms with Gasteiger partial charge in [0.05, 0.1) is 12.4 Å². The zero-order valence-corrected chi connectivity index (χ0v) is 12.8. The number of nitrogens with zero attached hydrogens (tertiary/aromatic N) is 1. The second-order valence-electron chi connectivity index (χ2n) is 4.69. The lowest BCUT2D eigenvalue weighted by Gasteiger charge is -2.27. The third kappa shape index (κ3) is 3.89. The average Bonchev–Trinajstić information content (AvgIpc) is 2.52. The Balaban J connectivity index is 2.02. The Kier molecular flexibility index (Phi) is 5.47. The number of hydrogen-bond donors (Lipinski definition) is 1. The lowest BCUT2D eigenvalue weighted by molar-refractivity contribution is -0.158. The summed E-state index contributed by atoms with van der Waals surface area (Å²) >= 11 is 1.45. The van der Waals surface area contributed by atoms with Crippen molar-refractivity contribution in [3.05, 3.63) is 48.7 Å². The molecule has 21 heavy (non-hydrogen) atoms. The van der Waals surface area contributed by atoms with Gasteiger partial charge in [0.2, 0.25) is 0 Å². The molecule has 1 heterocycles. The Morgan fingerprint density at radius 2 is 2.19 bits per heavy atom. The van der Waals surface area contributed by atoms with Crippen LogP contribution < -0.4 is 4.74 Å². The first-order valence-electron chi connectivity index (χ1n) is 6.79. The van der Waals surface area contributed by atoms with E-state index in [1.807, 2.05) is 30.3 Å². The molecule has 0 saturated carbocycles. The third-order valence-electron chi connectivity index (χ3n) is 3.27. The Bertz CT molecular complexity index is 539. The Hall–Kier alpha value is -1.72. The molecule has 0 aromatic heterocycles. The van der Waals surface area contributed by atoms with Crippen LogP contribution in [-0.2, 0) is 4.79 Å². The lowest BCUT2D eigenvalue weighted by atomic mass is 10.1. The minimum absolute atomic E-state index is 0.266. The van der Waals surface area contributed by atoms with Crippen molar-refractivity contribution in [2.45, 2.75) is 29.4 Å². The summed E-state index contributed by atoms with van der Waals surface area (Å²) in [5.74, 6) is 0.516. The minimum Gasteiger partial charge on any atom is -0.497 e. The number of rotatable bonds is 6. The van der Waals surface area contributed by atoms with Crippen molar-refractivity contribution >= 4 is 17.7 Å². The first-order chi connectivity index (χ1) is 10.2. The number of amides is 1. The zero-order chi connectivity index (χ0) is 15.2. The highest BCUT2D eigenvalue weighted by Gasteiger charge is 2.29. The number of ether oxygens (including phenoxy) is 1. The van der Waals surface area contributed by atoms with E-state index in [-0.39, 0.29) is 11.2 Å². The third-order valence-corrected chi connectivity index (χ3v) is 4.49. The van der Waals surface area contributed by atoms with E-state index in [0.29, 0.717) is 18.5 Å². The molecule has 1 unspecified atom stereocenters. The molecular weight excluding hydrogens is 286 g/mol. The number of thioether (sulfide) groups is 1. The summed E-state index contributed by atoms with van der Waals surface area (Å²) in [7, 11) is 1.62. The predicted octanol–water partition coefficient (Wildman–Crippen LogP) is 3.63. The van der Waals surface area contributed by atoms with E-state index in [2.05, 4.69) is 6.58 Å². The maximum Gasteiger partial charge on any atom is 0.264 e. The van der Waals surface area contributed by atoms with E-state index in [1.165, 1.54) is 11.8 Å². The molecule has 4 nitrogen and oxygen atoms in total. The number of hydrogen-bond acceptors (Lipinski definition) is 4. The number of carbonyl (C=O) groups is 1. The van der Waals surface area contributed by atoms with Crippen LogP contribution in [0.3, 0.4) is 0 Å². The van der Waals surface area contributed by atoms with Crippen molar-refractivity contribution < 1.29 is 14.7 Å². The monoisotopic (exact) mass is 305 g/mol. The van der Waals surface area contributed by atoms with Gasteiger partial charge in [0.1, 0.15) is 5.75 Å². The van der Waals surface area contributed by atoms with Crippen LogP contribution in [0.4, 0.5) is 0 Å². The number of benzene rings is 1. The van der Waals surface area contributed by atoms with Gasteiger partial charge in [-0.25, -0.2) is 0 Å². The van der Waals surface area contributed by atoms with Gasteiger partial charge in [-0.2, -0.15) is 5.06 Å². The standard InChI is InChI=1S/C16H19NO3S/c1-3-4-5-12-6-11-15(16(18)17(12)19)21-14-9-7-13(20-2)8-10-14/h3,6-10,15,19H,1,4-5,11H2,2H3. The van der Waals surface area contributed by atoms with Gasteiger partial charge in [-0.05, 0) is 43.5 Å². The predicted molar refractivity (Wildman–Crippen MR) is 83.4 cm³/mol. The van der Waals surface area contributed by atoms with Crippen LogP contribution >= 0.6 is 11.8 Å². The second-order valence-corrected chi connectivity index (χ2v) is 5.97. The highest BCUT2D eigenvalue weighted by Crippen LogP contribution is 2.32. The molecule has 112 valence electrons. The number of carbonyl (C=O) groups excluding carboxylic acids is 1. The largest absolute Gasteiger partial charge is 0.497 e. The van der Waals surface area contributed by atoms with E-state index < -0.39 is 0 Å². The molecule has 5 heteroatoms. The Morgan fingerprint density at radius 3 is 2.81 bits per heavy atom. The van der Waals surface area contributed by atoms with Gasteiger partial charge in [-0.3, -0.25) is 10.0 Å². The summed E-state index contributed by atoms with van der Waals surface area (Å²) in [6, 6.07) is 7.54. The molecule has 0 spiro atoms. The highest BCUT2D eigenvalue weighted by atomic mass is 32.2. The van der Waals surface area contributed by atoms with Crippen molar-refractivity contribution in [1.82, 2.24) is 5.06 Å².